The van der Waals surface area contributed by atoms with Crippen molar-refractivity contribution < 1.29 is 0 Å². The first kappa shape index (κ1) is 17.9. The maximum Gasteiger partial charge on any atom is -0.00194 e. The third-order valence-corrected chi connectivity index (χ3v) is 4.99. The van der Waals surface area contributed by atoms with Crippen LogP contribution in [0.5, 0.6) is 0 Å². The van der Waals surface area contributed by atoms with Crippen molar-refractivity contribution in [3.8, 4) is 0 Å². The smallest absolute Gasteiger partial charge is 0.00194 e. The van der Waals surface area contributed by atoms with Crippen LogP contribution in [0.15, 0.2) is 80.4 Å². The van der Waals surface area contributed by atoms with E-state index in [4.69, 9.17) is 0 Å². The van der Waals surface area contributed by atoms with E-state index in [1.54, 1.807) is 0 Å². The molecule has 0 aliphatic carbocycles. The fraction of sp³-hybridized carbons (Fsp3) is 0.154. The number of benzene rings is 3. The number of hydrogen-bond donors (Lipinski definition) is 0. The van der Waals surface area contributed by atoms with Crippen LogP contribution in [0.25, 0.3) is 21.9 Å². The molecule has 0 unspecified atom stereocenters. The second kappa shape index (κ2) is 7.58. The van der Waals surface area contributed by atoms with Crippen LogP contribution in [-0.4, -0.2) is 0 Å². The molecule has 0 heteroatoms. The van der Waals surface area contributed by atoms with Gasteiger partial charge in [-0.15, -0.1) is 6.58 Å². The molecule has 130 valence electrons. The highest BCUT2D eigenvalue weighted by molar-refractivity contribution is 5.97. The number of hydrogen-bond acceptors (Lipinski definition) is 0. The molecule has 0 heterocycles. The molecule has 3 aromatic rings. The topological polar surface area (TPSA) is 0 Å². The van der Waals surface area contributed by atoms with Crippen LogP contribution in [0.4, 0.5) is 0 Å². The van der Waals surface area contributed by atoms with Gasteiger partial charge in [0.25, 0.3) is 0 Å². The van der Waals surface area contributed by atoms with Crippen molar-refractivity contribution in [2.24, 2.45) is 0 Å². The second-order valence-corrected chi connectivity index (χ2v) is 6.98. The lowest BCUT2D eigenvalue weighted by Crippen LogP contribution is -1.98. The van der Waals surface area contributed by atoms with Crippen LogP contribution in [0.3, 0.4) is 0 Å². The monoisotopic (exact) mass is 338 g/mol. The number of rotatable bonds is 6. The Labute approximate surface area is 157 Å². The summed E-state index contributed by atoms with van der Waals surface area (Å²) in [5.41, 5.74) is 8.62. The summed E-state index contributed by atoms with van der Waals surface area (Å²) in [6, 6.07) is 19.3. The number of aryl methyl sites for hydroxylation is 1. The van der Waals surface area contributed by atoms with Crippen molar-refractivity contribution in [2.75, 3.05) is 0 Å². The van der Waals surface area contributed by atoms with Crippen molar-refractivity contribution >= 4 is 21.9 Å². The zero-order valence-corrected chi connectivity index (χ0v) is 15.8. The van der Waals surface area contributed by atoms with E-state index >= 15 is 0 Å². The summed E-state index contributed by atoms with van der Waals surface area (Å²) in [4.78, 5) is 0. The van der Waals surface area contributed by atoms with Crippen LogP contribution in [0.1, 0.15) is 34.7 Å². The molecule has 0 spiro atoms. The highest BCUT2D eigenvalue weighted by atomic mass is 14.2. The minimum atomic E-state index is 0.826. The summed E-state index contributed by atoms with van der Waals surface area (Å²) in [6.45, 7) is 16.8. The predicted molar refractivity (Wildman–Crippen MR) is 116 cm³/mol. The Balaban J connectivity index is 2.13. The van der Waals surface area contributed by atoms with Crippen LogP contribution >= 0.6 is 0 Å². The zero-order valence-electron chi connectivity index (χ0n) is 15.8. The van der Waals surface area contributed by atoms with Gasteiger partial charge in [-0.1, -0.05) is 79.4 Å². The molecule has 0 amide bonds. The molecule has 3 aromatic carbocycles. The molecule has 3 rings (SSSR count). The molecule has 0 fully saturated rings. The van der Waals surface area contributed by atoms with Gasteiger partial charge >= 0.3 is 0 Å². The van der Waals surface area contributed by atoms with E-state index in [1.165, 1.54) is 38.6 Å². The Hall–Kier alpha value is -2.86. The molecular weight excluding hydrogens is 312 g/mol. The molecular formula is C26H26. The summed E-state index contributed by atoms with van der Waals surface area (Å²) >= 11 is 0. The minimum absolute atomic E-state index is 0.826. The van der Waals surface area contributed by atoms with E-state index in [-0.39, 0.29) is 0 Å². The Morgan fingerprint density at radius 2 is 1.62 bits per heavy atom. The first-order valence-electron chi connectivity index (χ1n) is 9.07. The molecule has 0 bridgehead atoms. The van der Waals surface area contributed by atoms with E-state index in [0.717, 1.165) is 24.0 Å². The van der Waals surface area contributed by atoms with E-state index in [9.17, 15) is 0 Å². The summed E-state index contributed by atoms with van der Waals surface area (Å²) in [5.74, 6) is 0. The molecule has 0 aliphatic heterocycles. The lowest BCUT2D eigenvalue weighted by Gasteiger charge is -2.17. The molecule has 26 heavy (non-hydrogen) atoms. The molecule has 0 saturated heterocycles. The fourth-order valence-corrected chi connectivity index (χ4v) is 3.69. The molecule has 0 N–H and O–H groups in total. The highest BCUT2D eigenvalue weighted by Crippen LogP contribution is 2.33. The normalized spacial score (nSPS) is 10.7. The van der Waals surface area contributed by atoms with Crippen molar-refractivity contribution in [3.63, 3.8) is 0 Å². The van der Waals surface area contributed by atoms with Gasteiger partial charge in [-0.2, -0.15) is 0 Å². The lowest BCUT2D eigenvalue weighted by molar-refractivity contribution is 1.23. The molecule has 0 aliphatic rings. The predicted octanol–water partition coefficient (Wildman–Crippen LogP) is 7.17. The van der Waals surface area contributed by atoms with Gasteiger partial charge in [0.05, 0.1) is 0 Å². The Bertz CT molecular complexity index is 987. The van der Waals surface area contributed by atoms with Gasteiger partial charge < -0.3 is 0 Å². The standard InChI is InChI=1S/C26H26/c1-6-10-23-19(4)13-15-25-24(23)16-14-22(26(25)18(2)3)17-20(5)21-11-8-7-9-12-21/h6-9,11-16H,1-2,5,10,17H2,3-4H3. The van der Waals surface area contributed by atoms with Crippen LogP contribution in [0, 0.1) is 6.92 Å². The number of fused-ring (bicyclic) bond motifs is 1. The van der Waals surface area contributed by atoms with Gasteiger partial charge in [-0.25, -0.2) is 0 Å². The third kappa shape index (κ3) is 3.41. The molecule has 0 radical (unpaired) electrons. The summed E-state index contributed by atoms with van der Waals surface area (Å²) in [5, 5.41) is 2.58. The van der Waals surface area contributed by atoms with Gasteiger partial charge in [0, 0.05) is 0 Å². The van der Waals surface area contributed by atoms with Crippen molar-refractivity contribution in [2.45, 2.75) is 26.7 Å². The minimum Gasteiger partial charge on any atom is -0.103 e. The second-order valence-electron chi connectivity index (χ2n) is 6.98. The summed E-state index contributed by atoms with van der Waals surface area (Å²) in [6.07, 6.45) is 3.69. The summed E-state index contributed by atoms with van der Waals surface area (Å²) < 4.78 is 0. The average molecular weight is 338 g/mol. The maximum atomic E-state index is 4.32. The van der Waals surface area contributed by atoms with Gasteiger partial charge in [-0.3, -0.25) is 0 Å². The molecule has 0 aromatic heterocycles. The summed E-state index contributed by atoms with van der Waals surface area (Å²) in [7, 11) is 0. The maximum absolute atomic E-state index is 4.32. The van der Waals surface area contributed by atoms with Gasteiger partial charge in [0.1, 0.15) is 0 Å². The molecule has 0 nitrogen and oxygen atoms in total. The Morgan fingerprint density at radius 3 is 2.27 bits per heavy atom. The lowest BCUT2D eigenvalue weighted by atomic mass is 9.87. The van der Waals surface area contributed by atoms with Crippen molar-refractivity contribution in [1.82, 2.24) is 0 Å². The quantitative estimate of drug-likeness (QED) is 0.418. The Kier molecular flexibility index (Phi) is 5.23. The SMILES string of the molecule is C=CCc1c(C)ccc2c(C(=C)C)c(CC(=C)c3ccccc3)ccc12. The van der Waals surface area contributed by atoms with Gasteiger partial charge in [0.2, 0.25) is 0 Å². The van der Waals surface area contributed by atoms with Gasteiger partial charge in [-0.05, 0) is 70.9 Å². The van der Waals surface area contributed by atoms with E-state index in [0.29, 0.717) is 0 Å². The first-order valence-corrected chi connectivity index (χ1v) is 9.07. The highest BCUT2D eigenvalue weighted by Gasteiger charge is 2.13. The molecule has 0 atom stereocenters. The van der Waals surface area contributed by atoms with Crippen LogP contribution in [0.2, 0.25) is 0 Å². The van der Waals surface area contributed by atoms with Crippen LogP contribution < -0.4 is 0 Å². The van der Waals surface area contributed by atoms with Gasteiger partial charge in [0.15, 0.2) is 0 Å². The van der Waals surface area contributed by atoms with Crippen molar-refractivity contribution in [3.05, 3.63) is 108 Å². The Morgan fingerprint density at radius 1 is 0.923 bits per heavy atom. The van der Waals surface area contributed by atoms with E-state index in [1.807, 2.05) is 12.1 Å². The average Bonchev–Trinajstić information content (AvgIpc) is 2.64. The van der Waals surface area contributed by atoms with E-state index < -0.39 is 0 Å². The first-order chi connectivity index (χ1) is 12.5. The zero-order chi connectivity index (χ0) is 18.7. The van der Waals surface area contributed by atoms with Crippen molar-refractivity contribution in [1.29, 1.82) is 0 Å². The van der Waals surface area contributed by atoms with Crippen LogP contribution in [-0.2, 0) is 12.8 Å². The molecule has 0 saturated carbocycles. The fourth-order valence-electron chi connectivity index (χ4n) is 3.69. The number of allylic oxidation sites excluding steroid dienone is 3. The van der Waals surface area contributed by atoms with E-state index in [2.05, 4.69) is 82.1 Å². The third-order valence-electron chi connectivity index (χ3n) is 4.99. The largest absolute Gasteiger partial charge is 0.103 e.